The van der Waals surface area contributed by atoms with Crippen LogP contribution in [0.2, 0.25) is 0 Å². The molecule has 0 aromatic heterocycles. The minimum Gasteiger partial charge on any atom is -0.316 e. The Morgan fingerprint density at radius 1 is 1.29 bits per heavy atom. The van der Waals surface area contributed by atoms with Crippen molar-refractivity contribution in [3.05, 3.63) is 0 Å². The van der Waals surface area contributed by atoms with Gasteiger partial charge < -0.3 is 10.2 Å². The van der Waals surface area contributed by atoms with Crippen LogP contribution in [-0.4, -0.2) is 37.1 Å². The lowest BCUT2D eigenvalue weighted by atomic mass is 9.84. The molecule has 1 aliphatic heterocycles. The maximum Gasteiger partial charge on any atom is 0.0125 e. The zero-order valence-electron chi connectivity index (χ0n) is 12.7. The molecule has 0 aromatic rings. The smallest absolute Gasteiger partial charge is 0.0125 e. The van der Waals surface area contributed by atoms with Gasteiger partial charge in [-0.05, 0) is 50.7 Å². The van der Waals surface area contributed by atoms with Gasteiger partial charge in [-0.15, -0.1) is 0 Å². The average Bonchev–Trinajstić information content (AvgIpc) is 2.64. The second-order valence-electron chi connectivity index (χ2n) is 6.99. The van der Waals surface area contributed by atoms with E-state index in [2.05, 4.69) is 51.9 Å². The highest BCUT2D eigenvalue weighted by molar-refractivity contribution is 4.85. The Morgan fingerprint density at radius 3 is 2.41 bits per heavy atom. The minimum absolute atomic E-state index is 0.363. The van der Waals surface area contributed by atoms with Gasteiger partial charge in [-0.3, -0.25) is 0 Å². The van der Waals surface area contributed by atoms with Crippen LogP contribution >= 0.6 is 0 Å². The number of rotatable bonds is 5. The zero-order valence-corrected chi connectivity index (χ0v) is 12.7. The molecular formula is C15H32N2. The van der Waals surface area contributed by atoms with E-state index in [-0.39, 0.29) is 0 Å². The molecule has 0 saturated carbocycles. The highest BCUT2D eigenvalue weighted by Gasteiger charge is 2.29. The van der Waals surface area contributed by atoms with Gasteiger partial charge in [0.05, 0.1) is 0 Å². The molecule has 1 aliphatic rings. The van der Waals surface area contributed by atoms with E-state index in [0.29, 0.717) is 11.5 Å². The van der Waals surface area contributed by atoms with Crippen molar-refractivity contribution in [3.63, 3.8) is 0 Å². The van der Waals surface area contributed by atoms with E-state index in [1.54, 1.807) is 0 Å². The first-order valence-corrected chi connectivity index (χ1v) is 7.27. The van der Waals surface area contributed by atoms with Crippen molar-refractivity contribution in [2.45, 2.75) is 66.0 Å². The molecule has 0 spiro atoms. The summed E-state index contributed by atoms with van der Waals surface area (Å²) < 4.78 is 0. The van der Waals surface area contributed by atoms with Gasteiger partial charge in [0.1, 0.15) is 0 Å². The Kier molecular flexibility index (Phi) is 5.46. The van der Waals surface area contributed by atoms with Gasteiger partial charge >= 0.3 is 0 Å². The number of nitrogens with one attached hydrogen (secondary N) is 1. The highest BCUT2D eigenvalue weighted by atomic mass is 15.2. The minimum atomic E-state index is 0.363. The van der Waals surface area contributed by atoms with Crippen LogP contribution < -0.4 is 5.32 Å². The summed E-state index contributed by atoms with van der Waals surface area (Å²) in [5.41, 5.74) is 0.363. The zero-order chi connectivity index (χ0) is 13.1. The number of nitrogens with zero attached hydrogens (tertiary/aromatic N) is 1. The molecule has 17 heavy (non-hydrogen) atoms. The summed E-state index contributed by atoms with van der Waals surface area (Å²) in [6, 6.07) is 1.45. The number of hydrogen-bond donors (Lipinski definition) is 1. The molecule has 0 bridgehead atoms. The topological polar surface area (TPSA) is 15.3 Å². The van der Waals surface area contributed by atoms with Gasteiger partial charge in [-0.2, -0.15) is 0 Å². The number of hydrogen-bond acceptors (Lipinski definition) is 2. The maximum atomic E-state index is 3.48. The van der Waals surface area contributed by atoms with Gasteiger partial charge in [-0.1, -0.05) is 34.6 Å². The Bertz CT molecular complexity index is 217. The highest BCUT2D eigenvalue weighted by Crippen LogP contribution is 2.26. The van der Waals surface area contributed by atoms with Crippen molar-refractivity contribution < 1.29 is 0 Å². The van der Waals surface area contributed by atoms with Crippen LogP contribution in [-0.2, 0) is 0 Å². The Morgan fingerprint density at radius 2 is 1.94 bits per heavy atom. The molecule has 1 fully saturated rings. The first-order chi connectivity index (χ1) is 7.86. The molecule has 0 aromatic carbocycles. The number of likely N-dealkylation sites (tertiary alicyclic amines) is 1. The maximum absolute atomic E-state index is 3.48. The molecule has 0 amide bonds. The van der Waals surface area contributed by atoms with E-state index in [0.717, 1.165) is 12.0 Å². The van der Waals surface area contributed by atoms with Crippen molar-refractivity contribution in [2.24, 2.45) is 11.3 Å². The van der Waals surface area contributed by atoms with Crippen LogP contribution in [0.5, 0.6) is 0 Å². The average molecular weight is 240 g/mol. The molecule has 2 unspecified atom stereocenters. The molecule has 102 valence electrons. The molecule has 1 rings (SSSR count). The molecule has 0 radical (unpaired) electrons. The second-order valence-corrected chi connectivity index (χ2v) is 6.99. The third kappa shape index (κ3) is 4.26. The normalized spacial score (nSPS) is 24.5. The quantitative estimate of drug-likeness (QED) is 0.794. The summed E-state index contributed by atoms with van der Waals surface area (Å²) >= 11 is 0. The van der Waals surface area contributed by atoms with E-state index in [9.17, 15) is 0 Å². The summed E-state index contributed by atoms with van der Waals surface area (Å²) in [6.07, 6.45) is 4.06. The molecular weight excluding hydrogens is 208 g/mol. The van der Waals surface area contributed by atoms with Crippen LogP contribution in [0.3, 0.4) is 0 Å². The van der Waals surface area contributed by atoms with Crippen LogP contribution in [0.25, 0.3) is 0 Å². The fraction of sp³-hybridized carbons (Fsp3) is 1.00. The van der Waals surface area contributed by atoms with Crippen molar-refractivity contribution in [1.82, 2.24) is 10.2 Å². The van der Waals surface area contributed by atoms with Crippen LogP contribution in [0.4, 0.5) is 0 Å². The SMILES string of the molecule is CNC(CCN1CCCC1C(C)C)C(C)(C)C. The lowest BCUT2D eigenvalue weighted by Gasteiger charge is -2.34. The van der Waals surface area contributed by atoms with Crippen molar-refractivity contribution in [1.29, 1.82) is 0 Å². The summed E-state index contributed by atoms with van der Waals surface area (Å²) in [5, 5.41) is 3.48. The van der Waals surface area contributed by atoms with E-state index >= 15 is 0 Å². The van der Waals surface area contributed by atoms with E-state index in [1.165, 1.54) is 32.4 Å². The molecule has 2 nitrogen and oxygen atoms in total. The molecule has 2 atom stereocenters. The Balaban J connectivity index is 2.44. The molecule has 0 aliphatic carbocycles. The lowest BCUT2D eigenvalue weighted by molar-refractivity contribution is 0.174. The monoisotopic (exact) mass is 240 g/mol. The summed E-state index contributed by atoms with van der Waals surface area (Å²) in [7, 11) is 2.10. The van der Waals surface area contributed by atoms with Crippen LogP contribution in [0, 0.1) is 11.3 Å². The van der Waals surface area contributed by atoms with Gasteiger partial charge in [0.25, 0.3) is 0 Å². The molecule has 1 saturated heterocycles. The van der Waals surface area contributed by atoms with E-state index in [4.69, 9.17) is 0 Å². The van der Waals surface area contributed by atoms with Crippen LogP contribution in [0.15, 0.2) is 0 Å². The van der Waals surface area contributed by atoms with Gasteiger partial charge in [-0.25, -0.2) is 0 Å². The Hall–Kier alpha value is -0.0800. The van der Waals surface area contributed by atoms with Gasteiger partial charge in [0.2, 0.25) is 0 Å². The Labute approximate surface area is 108 Å². The first-order valence-electron chi connectivity index (χ1n) is 7.27. The summed E-state index contributed by atoms with van der Waals surface area (Å²) in [4.78, 5) is 2.71. The molecule has 2 heteroatoms. The fourth-order valence-electron chi connectivity index (χ4n) is 3.19. The predicted octanol–water partition coefficient (Wildman–Crippen LogP) is 3.13. The lowest BCUT2D eigenvalue weighted by Crippen LogP contribution is -2.42. The molecule has 1 heterocycles. The summed E-state index contributed by atoms with van der Waals surface area (Å²) in [6.45, 7) is 14.3. The van der Waals surface area contributed by atoms with Crippen molar-refractivity contribution in [3.8, 4) is 0 Å². The third-order valence-corrected chi connectivity index (χ3v) is 4.28. The van der Waals surface area contributed by atoms with Gasteiger partial charge in [0, 0.05) is 12.1 Å². The summed E-state index contributed by atoms with van der Waals surface area (Å²) in [5.74, 6) is 0.806. The van der Waals surface area contributed by atoms with E-state index < -0.39 is 0 Å². The fourth-order valence-corrected chi connectivity index (χ4v) is 3.19. The van der Waals surface area contributed by atoms with E-state index in [1.807, 2.05) is 0 Å². The first kappa shape index (κ1) is 15.0. The van der Waals surface area contributed by atoms with Crippen molar-refractivity contribution in [2.75, 3.05) is 20.1 Å². The standard InChI is InChI=1S/C15H32N2/c1-12(2)13-8-7-10-17(13)11-9-14(16-6)15(3,4)5/h12-14,16H,7-11H2,1-6H3. The second kappa shape index (κ2) is 6.19. The largest absolute Gasteiger partial charge is 0.316 e. The molecule has 1 N–H and O–H groups in total. The van der Waals surface area contributed by atoms with Crippen molar-refractivity contribution >= 4 is 0 Å². The predicted molar refractivity (Wildman–Crippen MR) is 76.4 cm³/mol. The van der Waals surface area contributed by atoms with Crippen LogP contribution in [0.1, 0.15) is 53.9 Å². The third-order valence-electron chi connectivity index (χ3n) is 4.28. The van der Waals surface area contributed by atoms with Gasteiger partial charge in [0.15, 0.2) is 0 Å².